The molecule has 0 radical (unpaired) electrons. The fourth-order valence-electron chi connectivity index (χ4n) is 3.32. The second kappa shape index (κ2) is 5.47. The number of rotatable bonds is 2. The molecule has 2 N–H and O–H groups in total. The third-order valence-electron chi connectivity index (χ3n) is 4.50. The molecule has 0 bridgehead atoms. The van der Waals surface area contributed by atoms with Gasteiger partial charge >= 0.3 is 0 Å². The molecule has 6 heteroatoms. The van der Waals surface area contributed by atoms with Crippen LogP contribution in [0.5, 0.6) is 0 Å². The maximum absolute atomic E-state index is 13.1. The molecule has 118 valence electrons. The zero-order chi connectivity index (χ0) is 16.0. The Labute approximate surface area is 138 Å². The summed E-state index contributed by atoms with van der Waals surface area (Å²) in [4.78, 5) is 20.9. The number of benzene rings is 1. The minimum Gasteiger partial charge on any atom is -0.326 e. The van der Waals surface area contributed by atoms with Crippen LogP contribution in [0.25, 0.3) is 4.96 Å². The third kappa shape index (κ3) is 2.17. The smallest absolute Gasteiger partial charge is 0.270 e. The molecular weight excluding hydrogens is 308 g/mol. The predicted octanol–water partition coefficient (Wildman–Crippen LogP) is 2.76. The summed E-state index contributed by atoms with van der Waals surface area (Å²) >= 11 is 1.45. The van der Waals surface area contributed by atoms with Crippen molar-refractivity contribution in [2.45, 2.75) is 26.3 Å². The highest BCUT2D eigenvalue weighted by Gasteiger charge is 2.27. The van der Waals surface area contributed by atoms with Gasteiger partial charge in [0.1, 0.15) is 4.88 Å². The van der Waals surface area contributed by atoms with Crippen LogP contribution in [0.4, 0.5) is 5.69 Å². The van der Waals surface area contributed by atoms with Gasteiger partial charge in [0.2, 0.25) is 0 Å². The second-order valence-corrected chi connectivity index (χ2v) is 6.75. The van der Waals surface area contributed by atoms with E-state index in [4.69, 9.17) is 5.73 Å². The van der Waals surface area contributed by atoms with E-state index in [0.29, 0.717) is 6.54 Å². The molecule has 0 spiro atoms. The lowest BCUT2D eigenvalue weighted by atomic mass is 9.96. The topological polar surface area (TPSA) is 63.6 Å². The molecule has 4 rings (SSSR count). The van der Waals surface area contributed by atoms with E-state index in [1.165, 1.54) is 16.9 Å². The number of nitrogens with zero attached hydrogens (tertiary/aromatic N) is 3. The van der Waals surface area contributed by atoms with Crippen molar-refractivity contribution in [2.75, 3.05) is 11.4 Å². The number of thiazole rings is 1. The molecule has 0 atom stereocenters. The summed E-state index contributed by atoms with van der Waals surface area (Å²) in [6.07, 6.45) is 5.61. The van der Waals surface area contributed by atoms with Crippen molar-refractivity contribution < 1.29 is 4.79 Å². The van der Waals surface area contributed by atoms with Crippen LogP contribution in [0, 0.1) is 6.92 Å². The van der Waals surface area contributed by atoms with Gasteiger partial charge in [-0.05, 0) is 37.0 Å². The van der Waals surface area contributed by atoms with Crippen molar-refractivity contribution in [3.8, 4) is 0 Å². The van der Waals surface area contributed by atoms with E-state index in [1.54, 1.807) is 6.20 Å². The van der Waals surface area contributed by atoms with Crippen LogP contribution in [0.3, 0.4) is 0 Å². The Bertz CT molecular complexity index is 895. The van der Waals surface area contributed by atoms with E-state index in [1.807, 2.05) is 34.6 Å². The van der Waals surface area contributed by atoms with Gasteiger partial charge in [-0.2, -0.15) is 0 Å². The first-order valence-corrected chi connectivity index (χ1v) is 8.57. The lowest BCUT2D eigenvalue weighted by molar-refractivity contribution is 0.0988. The first-order valence-electron chi connectivity index (χ1n) is 7.76. The molecule has 3 heterocycles. The van der Waals surface area contributed by atoms with E-state index >= 15 is 0 Å². The molecule has 1 aliphatic rings. The number of fused-ring (bicyclic) bond motifs is 2. The standard InChI is InChI=1S/C17H18N4OS/c1-11-15(23-17-19-7-9-20(11)17)16(22)21-8-3-5-13-12(10-18)4-2-6-14(13)21/h2,4,6-7,9H,3,5,8,10,18H2,1H3. The summed E-state index contributed by atoms with van der Waals surface area (Å²) in [6, 6.07) is 6.07. The summed E-state index contributed by atoms with van der Waals surface area (Å²) in [6.45, 7) is 3.23. The van der Waals surface area contributed by atoms with Gasteiger partial charge in [-0.1, -0.05) is 23.5 Å². The number of hydrogen-bond acceptors (Lipinski definition) is 4. The number of carbonyl (C=O) groups is 1. The van der Waals surface area contributed by atoms with Gasteiger partial charge in [-0.15, -0.1) is 0 Å². The number of aromatic nitrogens is 2. The molecule has 0 saturated carbocycles. The average Bonchev–Trinajstić information content (AvgIpc) is 3.16. The molecule has 0 aliphatic carbocycles. The van der Waals surface area contributed by atoms with E-state index in [2.05, 4.69) is 11.1 Å². The SMILES string of the molecule is Cc1c(C(=O)N2CCCc3c(CN)cccc32)sc2nccn12. The van der Waals surface area contributed by atoms with Crippen LogP contribution in [-0.2, 0) is 13.0 Å². The van der Waals surface area contributed by atoms with Crippen molar-refractivity contribution in [3.05, 3.63) is 52.3 Å². The number of hydrogen-bond donors (Lipinski definition) is 1. The first kappa shape index (κ1) is 14.4. The van der Waals surface area contributed by atoms with Crippen molar-refractivity contribution in [3.63, 3.8) is 0 Å². The fourth-order valence-corrected chi connectivity index (χ4v) is 4.35. The summed E-state index contributed by atoms with van der Waals surface area (Å²) < 4.78 is 1.97. The molecule has 23 heavy (non-hydrogen) atoms. The summed E-state index contributed by atoms with van der Waals surface area (Å²) in [5.74, 6) is 0.0631. The van der Waals surface area contributed by atoms with Gasteiger partial charge in [-0.25, -0.2) is 4.98 Å². The Morgan fingerprint density at radius 3 is 3.09 bits per heavy atom. The maximum atomic E-state index is 13.1. The predicted molar refractivity (Wildman–Crippen MR) is 92.1 cm³/mol. The highest BCUT2D eigenvalue weighted by atomic mass is 32.1. The molecule has 0 saturated heterocycles. The Hall–Kier alpha value is -2.18. The fraction of sp³-hybridized carbons (Fsp3) is 0.294. The number of carbonyl (C=O) groups excluding carboxylic acids is 1. The summed E-state index contributed by atoms with van der Waals surface area (Å²) in [5, 5.41) is 0. The van der Waals surface area contributed by atoms with E-state index < -0.39 is 0 Å². The van der Waals surface area contributed by atoms with E-state index in [-0.39, 0.29) is 5.91 Å². The minimum atomic E-state index is 0.0631. The van der Waals surface area contributed by atoms with Crippen molar-refractivity contribution in [2.24, 2.45) is 5.73 Å². The summed E-state index contributed by atoms with van der Waals surface area (Å²) in [7, 11) is 0. The average molecular weight is 326 g/mol. The largest absolute Gasteiger partial charge is 0.326 e. The van der Waals surface area contributed by atoms with Crippen LogP contribution >= 0.6 is 11.3 Å². The maximum Gasteiger partial charge on any atom is 0.270 e. The van der Waals surface area contributed by atoms with Crippen LogP contribution in [0.15, 0.2) is 30.6 Å². The Morgan fingerprint density at radius 1 is 1.43 bits per heavy atom. The highest BCUT2D eigenvalue weighted by molar-refractivity contribution is 7.19. The number of imidazole rings is 1. The minimum absolute atomic E-state index is 0.0631. The number of aryl methyl sites for hydroxylation is 1. The highest BCUT2D eigenvalue weighted by Crippen LogP contribution is 2.33. The zero-order valence-electron chi connectivity index (χ0n) is 13.0. The van der Waals surface area contributed by atoms with Crippen molar-refractivity contribution >= 4 is 27.9 Å². The van der Waals surface area contributed by atoms with Gasteiger partial charge in [0.25, 0.3) is 5.91 Å². The monoisotopic (exact) mass is 326 g/mol. The van der Waals surface area contributed by atoms with Crippen molar-refractivity contribution in [1.29, 1.82) is 0 Å². The lowest BCUT2D eigenvalue weighted by Crippen LogP contribution is -2.36. The zero-order valence-corrected chi connectivity index (χ0v) is 13.8. The van der Waals surface area contributed by atoms with Gasteiger partial charge in [0.05, 0.1) is 0 Å². The number of anilines is 1. The molecule has 1 aromatic carbocycles. The normalized spacial score (nSPS) is 14.3. The van der Waals surface area contributed by atoms with Crippen LogP contribution in [0.1, 0.15) is 32.9 Å². The summed E-state index contributed by atoms with van der Waals surface area (Å²) in [5.41, 5.74) is 10.2. The van der Waals surface area contributed by atoms with Crippen LogP contribution in [-0.4, -0.2) is 21.8 Å². The quantitative estimate of drug-likeness (QED) is 0.787. The van der Waals surface area contributed by atoms with Gasteiger partial charge < -0.3 is 10.6 Å². The van der Waals surface area contributed by atoms with Crippen molar-refractivity contribution in [1.82, 2.24) is 9.38 Å². The third-order valence-corrected chi connectivity index (χ3v) is 5.66. The van der Waals surface area contributed by atoms with E-state index in [9.17, 15) is 4.79 Å². The van der Waals surface area contributed by atoms with Gasteiger partial charge in [0, 0.05) is 36.9 Å². The molecule has 1 amide bonds. The molecular formula is C17H18N4OS. The van der Waals surface area contributed by atoms with Gasteiger partial charge in [-0.3, -0.25) is 9.20 Å². The Morgan fingerprint density at radius 2 is 2.30 bits per heavy atom. The molecule has 5 nitrogen and oxygen atoms in total. The second-order valence-electron chi connectivity index (χ2n) is 5.78. The number of nitrogens with two attached hydrogens (primary N) is 1. The molecule has 1 aliphatic heterocycles. The molecule has 3 aromatic rings. The van der Waals surface area contributed by atoms with Crippen LogP contribution in [0.2, 0.25) is 0 Å². The van der Waals surface area contributed by atoms with Crippen LogP contribution < -0.4 is 10.6 Å². The number of amides is 1. The first-order chi connectivity index (χ1) is 11.2. The molecule has 0 unspecified atom stereocenters. The molecule has 2 aromatic heterocycles. The Kier molecular flexibility index (Phi) is 3.43. The molecule has 0 fully saturated rings. The Balaban J connectivity index is 1.78. The lowest BCUT2D eigenvalue weighted by Gasteiger charge is -2.30. The van der Waals surface area contributed by atoms with Gasteiger partial charge in [0.15, 0.2) is 4.96 Å². The van der Waals surface area contributed by atoms with E-state index in [0.717, 1.165) is 46.2 Å².